The van der Waals surface area contributed by atoms with E-state index in [1.54, 1.807) is 39.3 Å². The summed E-state index contributed by atoms with van der Waals surface area (Å²) in [7, 11) is 6.64. The van der Waals surface area contributed by atoms with Gasteiger partial charge in [0.25, 0.3) is 0 Å². The van der Waals surface area contributed by atoms with Crippen LogP contribution in [0.2, 0.25) is 0 Å². The first kappa shape index (κ1) is 23.4. The lowest BCUT2D eigenvalue weighted by Crippen LogP contribution is -2.27. The first-order valence-corrected chi connectivity index (χ1v) is 11.6. The third kappa shape index (κ3) is 5.26. The maximum atomic E-state index is 12.7. The second-order valence-electron chi connectivity index (χ2n) is 7.62. The Morgan fingerprint density at radius 2 is 1.65 bits per heavy atom. The Hall–Kier alpha value is -3.72. The monoisotopic (exact) mass is 478 g/mol. The minimum absolute atomic E-state index is 0.00629. The SMILES string of the molecule is COc1ccc(-c2nc(SCC(=O)N(C)Cc3ccc4cc(OC)ccc4c3)n[nH]2)c(OC)c1. The zero-order valence-electron chi connectivity index (χ0n) is 19.5. The van der Waals surface area contributed by atoms with Gasteiger partial charge in [-0.1, -0.05) is 30.0 Å². The van der Waals surface area contributed by atoms with Gasteiger partial charge in [-0.25, -0.2) is 4.98 Å². The molecule has 0 aliphatic heterocycles. The number of fused-ring (bicyclic) bond motifs is 1. The van der Waals surface area contributed by atoms with E-state index in [2.05, 4.69) is 21.2 Å². The number of hydrogen-bond acceptors (Lipinski definition) is 7. The van der Waals surface area contributed by atoms with Crippen molar-refractivity contribution >= 4 is 28.4 Å². The van der Waals surface area contributed by atoms with Crippen LogP contribution in [0.4, 0.5) is 0 Å². The first-order chi connectivity index (χ1) is 16.5. The summed E-state index contributed by atoms with van der Waals surface area (Å²) in [6, 6.07) is 17.6. The summed E-state index contributed by atoms with van der Waals surface area (Å²) < 4.78 is 16.0. The van der Waals surface area contributed by atoms with Gasteiger partial charge in [0.05, 0.1) is 32.6 Å². The number of methoxy groups -OCH3 is 3. The van der Waals surface area contributed by atoms with Crippen molar-refractivity contribution in [2.75, 3.05) is 34.1 Å². The van der Waals surface area contributed by atoms with E-state index >= 15 is 0 Å². The molecular formula is C25H26N4O4S. The number of aromatic amines is 1. The Morgan fingerprint density at radius 3 is 2.41 bits per heavy atom. The van der Waals surface area contributed by atoms with E-state index in [1.807, 2.05) is 42.5 Å². The molecule has 0 aliphatic rings. The minimum atomic E-state index is -0.00629. The van der Waals surface area contributed by atoms with Crippen LogP contribution in [0.1, 0.15) is 5.56 Å². The van der Waals surface area contributed by atoms with Crippen molar-refractivity contribution in [3.8, 4) is 28.6 Å². The molecule has 9 heteroatoms. The molecule has 4 rings (SSSR count). The molecule has 4 aromatic rings. The maximum absolute atomic E-state index is 12.7. The fraction of sp³-hybridized carbons (Fsp3) is 0.240. The topological polar surface area (TPSA) is 89.6 Å². The summed E-state index contributed by atoms with van der Waals surface area (Å²) in [4.78, 5) is 18.9. The van der Waals surface area contributed by atoms with E-state index in [1.165, 1.54) is 11.8 Å². The molecule has 1 aromatic heterocycles. The number of amides is 1. The summed E-state index contributed by atoms with van der Waals surface area (Å²) >= 11 is 1.29. The highest BCUT2D eigenvalue weighted by Crippen LogP contribution is 2.32. The van der Waals surface area contributed by atoms with Crippen LogP contribution >= 0.6 is 11.8 Å². The number of carbonyl (C=O) groups is 1. The van der Waals surface area contributed by atoms with Crippen LogP contribution in [0.5, 0.6) is 17.2 Å². The van der Waals surface area contributed by atoms with E-state index < -0.39 is 0 Å². The van der Waals surface area contributed by atoms with Crippen LogP contribution in [0.3, 0.4) is 0 Å². The summed E-state index contributed by atoms with van der Waals surface area (Å²) in [5.41, 5.74) is 1.82. The van der Waals surface area contributed by atoms with Crippen LogP contribution in [0.25, 0.3) is 22.2 Å². The predicted molar refractivity (Wildman–Crippen MR) is 133 cm³/mol. The van der Waals surface area contributed by atoms with Crippen molar-refractivity contribution in [3.63, 3.8) is 0 Å². The number of nitrogens with one attached hydrogen (secondary N) is 1. The van der Waals surface area contributed by atoms with E-state index in [0.717, 1.165) is 27.6 Å². The van der Waals surface area contributed by atoms with Gasteiger partial charge in [-0.3, -0.25) is 9.89 Å². The van der Waals surface area contributed by atoms with Gasteiger partial charge in [-0.15, -0.1) is 5.10 Å². The number of nitrogens with zero attached hydrogens (tertiary/aromatic N) is 3. The Morgan fingerprint density at radius 1 is 0.941 bits per heavy atom. The van der Waals surface area contributed by atoms with Crippen LogP contribution in [0.15, 0.2) is 59.8 Å². The van der Waals surface area contributed by atoms with Crippen molar-refractivity contribution in [1.29, 1.82) is 0 Å². The molecule has 0 radical (unpaired) electrons. The van der Waals surface area contributed by atoms with Gasteiger partial charge >= 0.3 is 0 Å². The molecule has 8 nitrogen and oxygen atoms in total. The lowest BCUT2D eigenvalue weighted by Gasteiger charge is -2.17. The minimum Gasteiger partial charge on any atom is -0.497 e. The van der Waals surface area contributed by atoms with Gasteiger partial charge in [-0.2, -0.15) is 0 Å². The van der Waals surface area contributed by atoms with E-state index in [0.29, 0.717) is 29.0 Å². The maximum Gasteiger partial charge on any atom is 0.233 e. The third-order valence-corrected chi connectivity index (χ3v) is 6.24. The molecule has 3 aromatic carbocycles. The van der Waals surface area contributed by atoms with Gasteiger partial charge in [0.2, 0.25) is 11.1 Å². The number of ether oxygens (including phenoxy) is 3. The Labute approximate surface area is 202 Å². The first-order valence-electron chi connectivity index (χ1n) is 10.6. The molecule has 0 aliphatic carbocycles. The van der Waals surface area contributed by atoms with Crippen molar-refractivity contribution in [2.24, 2.45) is 0 Å². The Kier molecular flexibility index (Phi) is 7.22. The van der Waals surface area contributed by atoms with Gasteiger partial charge in [0, 0.05) is 19.7 Å². The molecule has 0 saturated carbocycles. The van der Waals surface area contributed by atoms with Crippen LogP contribution in [-0.2, 0) is 11.3 Å². The Bertz CT molecular complexity index is 1310. The molecule has 0 atom stereocenters. The summed E-state index contributed by atoms with van der Waals surface area (Å²) in [6.07, 6.45) is 0. The zero-order chi connectivity index (χ0) is 24.1. The molecule has 0 saturated heterocycles. The largest absolute Gasteiger partial charge is 0.497 e. The lowest BCUT2D eigenvalue weighted by atomic mass is 10.1. The molecule has 34 heavy (non-hydrogen) atoms. The number of H-pyrrole nitrogens is 1. The van der Waals surface area contributed by atoms with E-state index in [9.17, 15) is 4.79 Å². The third-order valence-electron chi connectivity index (χ3n) is 5.41. The molecule has 0 spiro atoms. The predicted octanol–water partition coefficient (Wildman–Crippen LogP) is 4.40. The number of rotatable bonds is 9. The molecule has 0 bridgehead atoms. The van der Waals surface area contributed by atoms with Crippen molar-refractivity contribution in [1.82, 2.24) is 20.1 Å². The van der Waals surface area contributed by atoms with Crippen LogP contribution in [0, 0.1) is 0 Å². The number of thioether (sulfide) groups is 1. The summed E-state index contributed by atoms with van der Waals surface area (Å²) in [5.74, 6) is 2.93. The normalized spacial score (nSPS) is 10.8. The van der Waals surface area contributed by atoms with Crippen LogP contribution in [-0.4, -0.2) is 60.1 Å². The summed E-state index contributed by atoms with van der Waals surface area (Å²) in [6.45, 7) is 0.518. The van der Waals surface area contributed by atoms with Crippen molar-refractivity contribution in [3.05, 3.63) is 60.2 Å². The quantitative estimate of drug-likeness (QED) is 0.357. The van der Waals surface area contributed by atoms with Crippen LogP contribution < -0.4 is 14.2 Å². The number of hydrogen-bond donors (Lipinski definition) is 1. The molecule has 1 amide bonds. The van der Waals surface area contributed by atoms with Crippen molar-refractivity contribution < 1.29 is 19.0 Å². The molecule has 1 heterocycles. The highest BCUT2D eigenvalue weighted by atomic mass is 32.2. The Balaban J connectivity index is 1.37. The average molecular weight is 479 g/mol. The highest BCUT2D eigenvalue weighted by molar-refractivity contribution is 7.99. The summed E-state index contributed by atoms with van der Waals surface area (Å²) in [5, 5.41) is 9.85. The molecule has 176 valence electrons. The molecular weight excluding hydrogens is 452 g/mol. The zero-order valence-corrected chi connectivity index (χ0v) is 20.3. The van der Waals surface area contributed by atoms with E-state index in [4.69, 9.17) is 14.2 Å². The number of carbonyl (C=O) groups excluding carboxylic acids is 1. The van der Waals surface area contributed by atoms with Gasteiger partial charge in [-0.05, 0) is 46.7 Å². The second-order valence-corrected chi connectivity index (χ2v) is 8.56. The molecule has 0 unspecified atom stereocenters. The van der Waals surface area contributed by atoms with Gasteiger partial charge < -0.3 is 19.1 Å². The fourth-order valence-corrected chi connectivity index (χ4v) is 4.26. The average Bonchev–Trinajstić information content (AvgIpc) is 3.35. The van der Waals surface area contributed by atoms with Crippen molar-refractivity contribution in [2.45, 2.75) is 11.7 Å². The smallest absolute Gasteiger partial charge is 0.233 e. The molecule has 0 fully saturated rings. The highest BCUT2D eigenvalue weighted by Gasteiger charge is 2.15. The standard InChI is InChI=1S/C25H26N4O4S/c1-29(14-16-5-6-18-12-19(31-2)8-7-17(18)11-16)23(30)15-34-25-26-24(27-28-25)21-10-9-20(32-3)13-22(21)33-4/h5-13H,14-15H2,1-4H3,(H,26,27,28). The number of aromatic nitrogens is 3. The second kappa shape index (κ2) is 10.5. The van der Waals surface area contributed by atoms with Gasteiger partial charge in [0.1, 0.15) is 17.2 Å². The lowest BCUT2D eigenvalue weighted by molar-refractivity contribution is -0.127. The number of benzene rings is 3. The molecule has 1 N–H and O–H groups in total. The van der Waals surface area contributed by atoms with Gasteiger partial charge in [0.15, 0.2) is 5.82 Å². The fourth-order valence-electron chi connectivity index (χ4n) is 3.52. The van der Waals surface area contributed by atoms with E-state index in [-0.39, 0.29) is 11.7 Å².